The van der Waals surface area contributed by atoms with Gasteiger partial charge in [-0.05, 0) is 48.2 Å². The summed E-state index contributed by atoms with van der Waals surface area (Å²) < 4.78 is 7.02. The van der Waals surface area contributed by atoms with E-state index in [1.54, 1.807) is 13.2 Å². The van der Waals surface area contributed by atoms with Crippen LogP contribution < -0.4 is 15.4 Å². The van der Waals surface area contributed by atoms with E-state index in [-0.39, 0.29) is 30.0 Å². The zero-order valence-corrected chi connectivity index (χ0v) is 22.0. The van der Waals surface area contributed by atoms with Gasteiger partial charge in [0.25, 0.3) is 0 Å². The molecule has 2 amide bonds. The maximum absolute atomic E-state index is 12.6. The Hall–Kier alpha value is -3.59. The van der Waals surface area contributed by atoms with E-state index in [1.807, 2.05) is 60.0 Å². The molecule has 0 spiro atoms. The van der Waals surface area contributed by atoms with Gasteiger partial charge in [-0.3, -0.25) is 9.59 Å². The molecule has 190 valence electrons. The zero-order valence-electron chi connectivity index (χ0n) is 21.2. The molecule has 3 aromatic rings. The SMILES string of the molecule is C=CCn1c(SCC(=O)Nc2ccc(C(C)C)cc2)nnc1[C@@H](C)NC(=O)Cc1ccc(OC)cc1. The quantitative estimate of drug-likeness (QED) is 0.271. The standard InChI is InChI=1S/C27H33N5O3S/c1-6-15-32-26(19(4)28-24(33)16-20-7-13-23(35-5)14-8-20)30-31-27(32)36-17-25(34)29-22-11-9-21(10-12-22)18(2)3/h6-14,18-19H,1,15-17H2,2-5H3,(H,28,33)(H,29,34)/t19-/m1/s1. The maximum atomic E-state index is 12.6. The Morgan fingerprint density at radius 3 is 2.36 bits per heavy atom. The van der Waals surface area contributed by atoms with Crippen LogP contribution in [0.15, 0.2) is 66.3 Å². The lowest BCUT2D eigenvalue weighted by Gasteiger charge is -2.15. The maximum Gasteiger partial charge on any atom is 0.234 e. The van der Waals surface area contributed by atoms with Gasteiger partial charge >= 0.3 is 0 Å². The number of rotatable bonds is 12. The minimum absolute atomic E-state index is 0.127. The molecule has 1 aromatic heterocycles. The second-order valence-corrected chi connectivity index (χ2v) is 9.61. The molecule has 0 fully saturated rings. The average Bonchev–Trinajstić information content (AvgIpc) is 3.26. The highest BCUT2D eigenvalue weighted by Gasteiger charge is 2.20. The summed E-state index contributed by atoms with van der Waals surface area (Å²) in [5.74, 6) is 1.70. The van der Waals surface area contributed by atoms with Crippen molar-refractivity contribution in [3.63, 3.8) is 0 Å². The molecular weight excluding hydrogens is 474 g/mol. The number of hydrogen-bond acceptors (Lipinski definition) is 6. The van der Waals surface area contributed by atoms with Crippen LogP contribution in [0.25, 0.3) is 0 Å². The molecule has 8 nitrogen and oxygen atoms in total. The molecule has 2 N–H and O–H groups in total. The van der Waals surface area contributed by atoms with Gasteiger partial charge in [0.05, 0.1) is 25.3 Å². The molecule has 0 unspecified atom stereocenters. The summed E-state index contributed by atoms with van der Waals surface area (Å²) in [7, 11) is 1.60. The fourth-order valence-corrected chi connectivity index (χ4v) is 4.35. The van der Waals surface area contributed by atoms with Crippen molar-refractivity contribution < 1.29 is 14.3 Å². The average molecular weight is 508 g/mol. The third kappa shape index (κ3) is 7.45. The van der Waals surface area contributed by atoms with E-state index in [4.69, 9.17) is 4.74 Å². The van der Waals surface area contributed by atoms with E-state index in [0.29, 0.717) is 23.4 Å². The Bertz CT molecular complexity index is 1170. The number of amides is 2. The topological polar surface area (TPSA) is 98.1 Å². The number of anilines is 1. The molecule has 36 heavy (non-hydrogen) atoms. The monoisotopic (exact) mass is 507 g/mol. The first-order valence-corrected chi connectivity index (χ1v) is 12.8. The van der Waals surface area contributed by atoms with Crippen LogP contribution >= 0.6 is 11.8 Å². The number of methoxy groups -OCH3 is 1. The smallest absolute Gasteiger partial charge is 0.234 e. The van der Waals surface area contributed by atoms with Crippen molar-refractivity contribution in [1.29, 1.82) is 0 Å². The molecule has 0 saturated carbocycles. The summed E-state index contributed by atoms with van der Waals surface area (Å²) in [5.41, 5.74) is 2.86. The number of thioether (sulfide) groups is 1. The van der Waals surface area contributed by atoms with Crippen LogP contribution in [0.2, 0.25) is 0 Å². The molecule has 3 rings (SSSR count). The number of nitrogens with one attached hydrogen (secondary N) is 2. The lowest BCUT2D eigenvalue weighted by atomic mass is 10.0. The van der Waals surface area contributed by atoms with Crippen LogP contribution in [-0.4, -0.2) is 39.4 Å². The Kier molecular flexibility index (Phi) is 9.69. The predicted octanol–water partition coefficient (Wildman–Crippen LogP) is 4.75. The highest BCUT2D eigenvalue weighted by atomic mass is 32.2. The van der Waals surface area contributed by atoms with Crippen LogP contribution in [0.1, 0.15) is 49.7 Å². The van der Waals surface area contributed by atoms with Crippen LogP contribution in [0.5, 0.6) is 5.75 Å². The number of allylic oxidation sites excluding steroid dienone is 1. The molecule has 2 aromatic carbocycles. The molecule has 0 bridgehead atoms. The van der Waals surface area contributed by atoms with Crippen LogP contribution in [0.3, 0.4) is 0 Å². The molecule has 0 aliphatic carbocycles. The second kappa shape index (κ2) is 12.9. The molecule has 0 aliphatic rings. The van der Waals surface area contributed by atoms with E-state index >= 15 is 0 Å². The van der Waals surface area contributed by atoms with Crippen LogP contribution in [-0.2, 0) is 22.6 Å². The lowest BCUT2D eigenvalue weighted by molar-refractivity contribution is -0.121. The molecule has 0 saturated heterocycles. The first-order valence-electron chi connectivity index (χ1n) is 11.8. The highest BCUT2D eigenvalue weighted by molar-refractivity contribution is 7.99. The molecule has 0 radical (unpaired) electrons. The van der Waals surface area contributed by atoms with Crippen molar-refractivity contribution in [3.05, 3.63) is 78.1 Å². The van der Waals surface area contributed by atoms with E-state index in [2.05, 4.69) is 41.3 Å². The van der Waals surface area contributed by atoms with Crippen molar-refractivity contribution in [2.45, 2.75) is 50.9 Å². The zero-order chi connectivity index (χ0) is 26.1. The largest absolute Gasteiger partial charge is 0.497 e. The van der Waals surface area contributed by atoms with Crippen molar-refractivity contribution in [2.75, 3.05) is 18.2 Å². The fraction of sp³-hybridized carbons (Fsp3) is 0.333. The van der Waals surface area contributed by atoms with Gasteiger partial charge in [-0.2, -0.15) is 0 Å². The summed E-state index contributed by atoms with van der Waals surface area (Å²) in [4.78, 5) is 25.1. The number of aromatic nitrogens is 3. The number of carbonyl (C=O) groups is 2. The van der Waals surface area contributed by atoms with Gasteiger partial charge in [-0.25, -0.2) is 0 Å². The number of ether oxygens (including phenoxy) is 1. The van der Waals surface area contributed by atoms with Crippen molar-refractivity contribution in [1.82, 2.24) is 20.1 Å². The van der Waals surface area contributed by atoms with E-state index < -0.39 is 0 Å². The first kappa shape index (κ1) is 27.0. The molecular formula is C27H33N5O3S. The van der Waals surface area contributed by atoms with E-state index in [0.717, 1.165) is 17.0 Å². The summed E-state index contributed by atoms with van der Waals surface area (Å²) in [6.45, 7) is 10.4. The Balaban J connectivity index is 1.58. The normalized spacial score (nSPS) is 11.7. The van der Waals surface area contributed by atoms with Crippen LogP contribution in [0.4, 0.5) is 5.69 Å². The van der Waals surface area contributed by atoms with Crippen LogP contribution in [0, 0.1) is 0 Å². The third-order valence-corrected chi connectivity index (χ3v) is 6.51. The first-order chi connectivity index (χ1) is 17.3. The fourth-order valence-electron chi connectivity index (χ4n) is 3.59. The third-order valence-electron chi connectivity index (χ3n) is 5.54. The Morgan fingerprint density at radius 2 is 1.75 bits per heavy atom. The van der Waals surface area contributed by atoms with Gasteiger partial charge in [0.15, 0.2) is 11.0 Å². The van der Waals surface area contributed by atoms with Gasteiger partial charge in [0, 0.05) is 12.2 Å². The van der Waals surface area contributed by atoms with Crippen molar-refractivity contribution in [2.24, 2.45) is 0 Å². The van der Waals surface area contributed by atoms with Gasteiger partial charge in [0.1, 0.15) is 5.75 Å². The molecule has 1 heterocycles. The summed E-state index contributed by atoms with van der Waals surface area (Å²) in [6.07, 6.45) is 1.98. The van der Waals surface area contributed by atoms with E-state index in [1.165, 1.54) is 17.3 Å². The van der Waals surface area contributed by atoms with Gasteiger partial charge < -0.3 is 19.9 Å². The number of nitrogens with zero attached hydrogens (tertiary/aromatic N) is 3. The Morgan fingerprint density at radius 1 is 1.06 bits per heavy atom. The van der Waals surface area contributed by atoms with Gasteiger partial charge in [-0.1, -0.05) is 56.0 Å². The van der Waals surface area contributed by atoms with Gasteiger partial charge in [-0.15, -0.1) is 16.8 Å². The number of benzene rings is 2. The number of hydrogen-bond donors (Lipinski definition) is 2. The second-order valence-electron chi connectivity index (χ2n) is 8.67. The minimum atomic E-state index is -0.370. The summed E-state index contributed by atoms with van der Waals surface area (Å²) in [5, 5.41) is 15.0. The molecule has 9 heteroatoms. The minimum Gasteiger partial charge on any atom is -0.497 e. The molecule has 0 aliphatic heterocycles. The summed E-state index contributed by atoms with van der Waals surface area (Å²) in [6, 6.07) is 14.9. The van der Waals surface area contributed by atoms with E-state index in [9.17, 15) is 9.59 Å². The predicted molar refractivity (Wildman–Crippen MR) is 143 cm³/mol. The lowest BCUT2D eigenvalue weighted by Crippen LogP contribution is -2.30. The Labute approximate surface area is 216 Å². The van der Waals surface area contributed by atoms with Gasteiger partial charge in [0.2, 0.25) is 11.8 Å². The highest BCUT2D eigenvalue weighted by Crippen LogP contribution is 2.22. The molecule has 1 atom stereocenters. The van der Waals surface area contributed by atoms with Crippen molar-refractivity contribution >= 4 is 29.3 Å². The number of carbonyl (C=O) groups excluding carboxylic acids is 2. The van der Waals surface area contributed by atoms with Crippen molar-refractivity contribution in [3.8, 4) is 5.75 Å². The summed E-state index contributed by atoms with van der Waals surface area (Å²) >= 11 is 1.29.